The molecule has 0 fully saturated rings. The first-order chi connectivity index (χ1) is 6.74. The van der Waals surface area contributed by atoms with E-state index in [4.69, 9.17) is 0 Å². The second kappa shape index (κ2) is 5.45. The highest BCUT2D eigenvalue weighted by Gasteiger charge is 1.96. The average Bonchev–Trinajstić information content (AvgIpc) is 2.19. The number of rotatable bonds is 5. The zero-order valence-corrected chi connectivity index (χ0v) is 9.03. The summed E-state index contributed by atoms with van der Waals surface area (Å²) < 4.78 is 0. The van der Waals surface area contributed by atoms with Crippen LogP contribution < -0.4 is 10.2 Å². The first-order valence-corrected chi connectivity index (χ1v) is 4.93. The lowest BCUT2D eigenvalue weighted by Gasteiger charge is -2.12. The van der Waals surface area contributed by atoms with Crippen molar-refractivity contribution in [1.29, 1.82) is 0 Å². The molecule has 1 rings (SSSR count). The van der Waals surface area contributed by atoms with E-state index in [0.29, 0.717) is 0 Å². The molecule has 1 aromatic rings. The molecule has 0 amide bonds. The molecule has 2 heteroatoms. The van der Waals surface area contributed by atoms with Crippen LogP contribution in [0.25, 0.3) is 0 Å². The van der Waals surface area contributed by atoms with Crippen LogP contribution in [0.4, 0.5) is 5.69 Å². The van der Waals surface area contributed by atoms with E-state index >= 15 is 0 Å². The van der Waals surface area contributed by atoms with Crippen LogP contribution >= 0.6 is 0 Å². The Morgan fingerprint density at radius 3 is 2.43 bits per heavy atom. The van der Waals surface area contributed by atoms with Crippen molar-refractivity contribution in [2.45, 2.75) is 6.54 Å². The first-order valence-electron chi connectivity index (χ1n) is 4.93. The van der Waals surface area contributed by atoms with E-state index < -0.39 is 0 Å². The maximum absolute atomic E-state index is 3.69. The van der Waals surface area contributed by atoms with Crippen molar-refractivity contribution in [2.75, 3.05) is 25.5 Å². The summed E-state index contributed by atoms with van der Waals surface area (Å²) in [7, 11) is 4.11. The third-order valence-electron chi connectivity index (χ3n) is 2.17. The number of anilines is 1. The van der Waals surface area contributed by atoms with E-state index in [1.165, 1.54) is 11.3 Å². The van der Waals surface area contributed by atoms with Gasteiger partial charge in [-0.15, -0.1) is 0 Å². The van der Waals surface area contributed by atoms with Crippen LogP contribution in [0.1, 0.15) is 5.56 Å². The third-order valence-corrected chi connectivity index (χ3v) is 2.17. The van der Waals surface area contributed by atoms with Gasteiger partial charge < -0.3 is 10.2 Å². The van der Waals surface area contributed by atoms with Crippen LogP contribution in [0.2, 0.25) is 0 Å². The molecule has 0 saturated carbocycles. The highest BCUT2D eigenvalue weighted by Crippen LogP contribution is 2.11. The molecule has 2 nitrogen and oxygen atoms in total. The van der Waals surface area contributed by atoms with Crippen LogP contribution in [-0.4, -0.2) is 20.6 Å². The zero-order chi connectivity index (χ0) is 10.4. The van der Waals surface area contributed by atoms with Gasteiger partial charge in [-0.1, -0.05) is 18.7 Å². The van der Waals surface area contributed by atoms with Crippen molar-refractivity contribution >= 4 is 5.69 Å². The Labute approximate surface area is 86.2 Å². The topological polar surface area (TPSA) is 19.9 Å². The molecule has 2 N–H and O–H groups in total. The molecule has 0 bridgehead atoms. The van der Waals surface area contributed by atoms with Crippen LogP contribution in [0, 0.1) is 0 Å². The Morgan fingerprint density at radius 2 is 1.93 bits per heavy atom. The molecule has 0 saturated heterocycles. The van der Waals surface area contributed by atoms with E-state index in [0.717, 1.165) is 13.1 Å². The Kier molecular flexibility index (Phi) is 4.20. The van der Waals surface area contributed by atoms with Gasteiger partial charge in [-0.05, 0) is 18.2 Å². The van der Waals surface area contributed by atoms with Crippen LogP contribution in [0.5, 0.6) is 0 Å². The second-order valence-corrected chi connectivity index (χ2v) is 3.58. The number of nitrogens with zero attached hydrogens (tertiary/aromatic N) is 1. The summed E-state index contributed by atoms with van der Waals surface area (Å²) in [4.78, 5) is 2.11. The second-order valence-electron chi connectivity index (χ2n) is 3.58. The highest BCUT2D eigenvalue weighted by molar-refractivity contribution is 5.45. The molecule has 0 aliphatic carbocycles. The van der Waals surface area contributed by atoms with E-state index in [1.807, 2.05) is 6.08 Å². The fraction of sp³-hybridized carbons (Fsp3) is 0.333. The summed E-state index contributed by atoms with van der Waals surface area (Å²) in [6, 6.07) is 8.65. The minimum Gasteiger partial charge on any atom is -0.378 e. The fourth-order valence-corrected chi connectivity index (χ4v) is 1.30. The predicted octanol–water partition coefficient (Wildman–Crippen LogP) is 1.00. The number of hydrogen-bond donors (Lipinski definition) is 1. The highest BCUT2D eigenvalue weighted by atomic mass is 15.1. The van der Waals surface area contributed by atoms with Crippen molar-refractivity contribution in [3.8, 4) is 0 Å². The number of benzene rings is 1. The van der Waals surface area contributed by atoms with Crippen LogP contribution in [0.3, 0.4) is 0 Å². The minimum absolute atomic E-state index is 0.982. The van der Waals surface area contributed by atoms with Crippen molar-refractivity contribution in [3.63, 3.8) is 0 Å². The maximum Gasteiger partial charge on any atom is 0.101 e. The van der Waals surface area contributed by atoms with Gasteiger partial charge in [-0.25, -0.2) is 0 Å². The van der Waals surface area contributed by atoms with Crippen LogP contribution in [-0.2, 0) is 6.54 Å². The van der Waals surface area contributed by atoms with Crippen LogP contribution in [0.15, 0.2) is 36.9 Å². The van der Waals surface area contributed by atoms with Crippen molar-refractivity contribution in [2.24, 2.45) is 0 Å². The molecule has 76 valence electrons. The van der Waals surface area contributed by atoms with Gasteiger partial charge in [-0.3, -0.25) is 0 Å². The predicted molar refractivity (Wildman–Crippen MR) is 61.5 cm³/mol. The summed E-state index contributed by atoms with van der Waals surface area (Å²) in [6.07, 6.45) is 1.92. The first kappa shape index (κ1) is 10.8. The Balaban J connectivity index is 2.51. The average molecular weight is 191 g/mol. The van der Waals surface area contributed by atoms with Gasteiger partial charge >= 0.3 is 0 Å². The van der Waals surface area contributed by atoms with E-state index in [9.17, 15) is 0 Å². The zero-order valence-electron chi connectivity index (χ0n) is 9.03. The maximum atomic E-state index is 3.69. The largest absolute Gasteiger partial charge is 0.378 e. The normalized spacial score (nSPS) is 9.86. The summed E-state index contributed by atoms with van der Waals surface area (Å²) in [5, 5.41) is 2.23. The molecule has 0 atom stereocenters. The summed E-state index contributed by atoms with van der Waals surface area (Å²) in [5.74, 6) is 0. The third kappa shape index (κ3) is 3.23. The molecular formula is C12H19N2+. The van der Waals surface area contributed by atoms with Gasteiger partial charge in [0.05, 0.1) is 6.54 Å². The molecule has 1 aromatic carbocycles. The number of quaternary nitrogens is 1. The molecule has 0 heterocycles. The Bertz CT molecular complexity index is 275. The molecule has 0 spiro atoms. The van der Waals surface area contributed by atoms with E-state index in [2.05, 4.69) is 55.2 Å². The number of hydrogen-bond acceptors (Lipinski definition) is 1. The van der Waals surface area contributed by atoms with Gasteiger partial charge in [0.15, 0.2) is 0 Å². The smallest absolute Gasteiger partial charge is 0.101 e. The van der Waals surface area contributed by atoms with Gasteiger partial charge in [0.1, 0.15) is 6.54 Å². The molecule has 0 radical (unpaired) electrons. The molecular weight excluding hydrogens is 172 g/mol. The quantitative estimate of drug-likeness (QED) is 0.544. The summed E-state index contributed by atoms with van der Waals surface area (Å²) in [5.41, 5.74) is 2.61. The summed E-state index contributed by atoms with van der Waals surface area (Å²) in [6.45, 7) is 5.70. The number of nitrogens with two attached hydrogens (primary N) is 1. The van der Waals surface area contributed by atoms with Gasteiger partial charge in [0.25, 0.3) is 0 Å². The standard InChI is InChI=1S/C12H18N2/c1-4-9-13-10-11-5-7-12(8-6-11)14(2)3/h4-8,13H,1,9-10H2,2-3H3/p+1. The van der Waals surface area contributed by atoms with Crippen molar-refractivity contribution in [1.82, 2.24) is 0 Å². The van der Waals surface area contributed by atoms with Gasteiger partial charge in [0, 0.05) is 25.3 Å². The van der Waals surface area contributed by atoms with Crippen molar-refractivity contribution < 1.29 is 5.32 Å². The monoisotopic (exact) mass is 191 g/mol. The summed E-state index contributed by atoms with van der Waals surface area (Å²) >= 11 is 0. The molecule has 0 unspecified atom stereocenters. The van der Waals surface area contributed by atoms with E-state index in [1.54, 1.807) is 0 Å². The lowest BCUT2D eigenvalue weighted by atomic mass is 10.2. The lowest BCUT2D eigenvalue weighted by Crippen LogP contribution is -2.82. The SMILES string of the molecule is C=CC[NH2+]Cc1ccc(N(C)C)cc1. The van der Waals surface area contributed by atoms with Gasteiger partial charge in [-0.2, -0.15) is 0 Å². The van der Waals surface area contributed by atoms with E-state index in [-0.39, 0.29) is 0 Å². The van der Waals surface area contributed by atoms with Crippen molar-refractivity contribution in [3.05, 3.63) is 42.5 Å². The molecule has 0 aromatic heterocycles. The molecule has 0 aliphatic heterocycles. The molecule has 14 heavy (non-hydrogen) atoms. The minimum atomic E-state index is 0.982. The Morgan fingerprint density at radius 1 is 1.29 bits per heavy atom. The molecule has 0 aliphatic rings. The lowest BCUT2D eigenvalue weighted by molar-refractivity contribution is -0.662. The fourth-order valence-electron chi connectivity index (χ4n) is 1.30. The van der Waals surface area contributed by atoms with Gasteiger partial charge in [0.2, 0.25) is 0 Å². The Hall–Kier alpha value is -1.28.